The second kappa shape index (κ2) is 16.2. The molecule has 18 heavy (non-hydrogen) atoms. The molecule has 1 atom stereocenters. The Bertz CT molecular complexity index is 346. The van der Waals surface area contributed by atoms with Crippen LogP contribution in [0.2, 0.25) is 0 Å². The van der Waals surface area contributed by atoms with Crippen molar-refractivity contribution in [1.82, 2.24) is 0 Å². The molecule has 0 aromatic rings. The van der Waals surface area contributed by atoms with Gasteiger partial charge < -0.3 is 0 Å². The van der Waals surface area contributed by atoms with Gasteiger partial charge in [-0.25, -0.2) is 0 Å². The molecule has 0 aliphatic rings. The van der Waals surface area contributed by atoms with Crippen molar-refractivity contribution in [3.8, 4) is 0 Å². The molecule has 0 amide bonds. The van der Waals surface area contributed by atoms with Gasteiger partial charge in [0.1, 0.15) is 0 Å². The first kappa shape index (κ1) is 37.2. The van der Waals surface area contributed by atoms with Crippen molar-refractivity contribution in [2.45, 2.75) is 0 Å². The van der Waals surface area contributed by atoms with E-state index in [0.29, 0.717) is 0 Å². The van der Waals surface area contributed by atoms with Crippen molar-refractivity contribution in [2.24, 2.45) is 0 Å². The first-order chi connectivity index (χ1) is 6.00. The Balaban J connectivity index is -0.0000000277. The predicted molar refractivity (Wildman–Crippen MR) is 26.7 cm³/mol. The summed E-state index contributed by atoms with van der Waals surface area (Å²) in [6.07, 6.45) is 0. The maximum absolute atomic E-state index is 8.63. The molecule has 1 unspecified atom stereocenters. The normalized spacial score (nSPS) is 9.67. The Labute approximate surface area is 153 Å². The third kappa shape index (κ3) is 751. The summed E-state index contributed by atoms with van der Waals surface area (Å²) in [5, 5.41) is 0. The first-order valence-corrected chi connectivity index (χ1v) is 11.8. The average molecular weight is 932 g/mol. The van der Waals surface area contributed by atoms with Gasteiger partial charge in [-0.05, 0) is 0 Å². The summed E-state index contributed by atoms with van der Waals surface area (Å²) in [5.41, 5.74) is 0. The van der Waals surface area contributed by atoms with Gasteiger partial charge in [0.2, 0.25) is 0 Å². The average Bonchev–Trinajstić information content (AvgIpc) is 1.41. The summed E-state index contributed by atoms with van der Waals surface area (Å²) < 4.78 is 104. The van der Waals surface area contributed by atoms with E-state index in [9.17, 15) is 0 Å². The molecule has 0 aromatic carbocycles. The molecule has 108 valence electrons. The molecule has 0 rings (SSSR count). The molecule has 0 saturated heterocycles. The van der Waals surface area contributed by atoms with Gasteiger partial charge in [-0.1, -0.05) is 0 Å². The molecule has 0 aliphatic heterocycles. The summed E-state index contributed by atoms with van der Waals surface area (Å²) in [5.74, 6) is 0. The number of hydrogen-bond acceptors (Lipinski definition) is 12. The Kier molecular flexibility index (Phi) is 33.5. The molecule has 0 spiro atoms. The van der Waals surface area contributed by atoms with E-state index in [0.717, 1.165) is 0 Å². The molecule has 0 bridgehead atoms. The van der Waals surface area contributed by atoms with Gasteiger partial charge in [-0.3, -0.25) is 0 Å². The molecule has 0 aliphatic carbocycles. The number of hydrogen-bond donors (Lipinski definition) is 0. The first-order valence-electron chi connectivity index (χ1n) is 2.00. The van der Waals surface area contributed by atoms with E-state index in [-0.39, 0.29) is 62.3 Å². The summed E-state index contributed by atoms with van der Waals surface area (Å²) in [6.45, 7) is 0. The fourth-order valence-electron chi connectivity index (χ4n) is 0. The zero-order valence-electron chi connectivity index (χ0n) is 7.73. The van der Waals surface area contributed by atoms with Crippen molar-refractivity contribution in [1.29, 1.82) is 0 Å². The van der Waals surface area contributed by atoms with Crippen LogP contribution in [0.25, 0.3) is 0 Å². The topological polar surface area (TPSA) is 241 Å². The van der Waals surface area contributed by atoms with E-state index in [1.54, 1.807) is 0 Å². The van der Waals surface area contributed by atoms with Gasteiger partial charge in [0, 0.05) is 0 Å². The molecule has 0 saturated carbocycles. The van der Waals surface area contributed by atoms with Gasteiger partial charge >= 0.3 is 146 Å². The summed E-state index contributed by atoms with van der Waals surface area (Å²) in [7, 11) is 0. The third-order valence-corrected chi connectivity index (χ3v) is 0. The zero-order chi connectivity index (χ0) is 13.5. The molecule has 0 N–H and O–H groups in total. The van der Waals surface area contributed by atoms with E-state index in [1.807, 2.05) is 0 Å². The predicted octanol–water partition coefficient (Wildman–Crippen LogP) is -8.56. The summed E-state index contributed by atoms with van der Waals surface area (Å²) in [4.78, 5) is 0. The maximum atomic E-state index is 8.63. The SMILES string of the molecule is P.[Bi+3].[Bi+3].[O]=[Mo](=[O])([O-])[O-].[O]=[Mo](=[O])([O-])[O-].[O]=[Mo](=[O])([O-])[O-]. The van der Waals surface area contributed by atoms with Crippen LogP contribution in [-0.4, -0.2) is 52.4 Å². The molecule has 0 heterocycles. The van der Waals surface area contributed by atoms with Crippen LogP contribution in [0, 0.1) is 0 Å². The Morgan fingerprint density at radius 2 is 0.444 bits per heavy atom. The second-order valence-electron chi connectivity index (χ2n) is 1.22. The monoisotopic (exact) mass is 938 g/mol. The summed E-state index contributed by atoms with van der Waals surface area (Å²) in [6, 6.07) is 0. The van der Waals surface area contributed by atoms with Crippen LogP contribution >= 0.6 is 9.90 Å². The van der Waals surface area contributed by atoms with Gasteiger partial charge in [-0.2, -0.15) is 9.90 Å². The van der Waals surface area contributed by atoms with Crippen molar-refractivity contribution in [3.05, 3.63) is 0 Å². The standard InChI is InChI=1S/2Bi.3Mo.12O.H3P/h;;;;;;;;;;;;;;;;;1H3/q2*+3;;;;;;;;;;6*-1;. The van der Waals surface area contributed by atoms with E-state index < -0.39 is 50.2 Å². The molecule has 0 fully saturated rings. The van der Waals surface area contributed by atoms with Crippen LogP contribution in [0.3, 0.4) is 0 Å². The van der Waals surface area contributed by atoms with E-state index in [2.05, 4.69) is 0 Å². The van der Waals surface area contributed by atoms with Crippen LogP contribution in [-0.2, 0) is 70.6 Å². The Morgan fingerprint density at radius 3 is 0.444 bits per heavy atom. The fourth-order valence-corrected chi connectivity index (χ4v) is 0. The van der Waals surface area contributed by atoms with Crippen molar-refractivity contribution in [2.75, 3.05) is 0 Å². The second-order valence-corrected chi connectivity index (χ2v) is 7.25. The Morgan fingerprint density at radius 1 is 0.444 bits per heavy atom. The van der Waals surface area contributed by atoms with Crippen LogP contribution in [0.5, 0.6) is 0 Å². The van der Waals surface area contributed by atoms with Crippen molar-refractivity contribution < 1.29 is 93.2 Å². The molecule has 4 radical (unpaired) electrons. The molecule has 18 heteroatoms. The molecular formula is H3Bi2Mo3O12P. The van der Waals surface area contributed by atoms with Gasteiger partial charge in [-0.15, -0.1) is 0 Å². The van der Waals surface area contributed by atoms with Gasteiger partial charge in [0.15, 0.2) is 0 Å². The van der Waals surface area contributed by atoms with Gasteiger partial charge in [0.25, 0.3) is 0 Å². The third-order valence-electron chi connectivity index (χ3n) is 0. The quantitative estimate of drug-likeness (QED) is 0.163. The fraction of sp³-hybridized carbons (Fsp3) is 0. The van der Waals surface area contributed by atoms with Crippen molar-refractivity contribution in [3.63, 3.8) is 0 Å². The van der Waals surface area contributed by atoms with E-state index in [1.165, 1.54) is 0 Å². The van der Waals surface area contributed by atoms with Crippen LogP contribution in [0.15, 0.2) is 0 Å². The molecule has 0 aromatic heterocycles. The van der Waals surface area contributed by atoms with E-state index >= 15 is 0 Å². The summed E-state index contributed by atoms with van der Waals surface area (Å²) >= 11 is -18.1. The van der Waals surface area contributed by atoms with Gasteiger partial charge in [0.05, 0.1) is 0 Å². The minimum atomic E-state index is -6.02. The zero-order valence-corrected chi connectivity index (χ0v) is 22.1. The van der Waals surface area contributed by atoms with Crippen LogP contribution < -0.4 is 22.6 Å². The number of rotatable bonds is 0. The van der Waals surface area contributed by atoms with Crippen LogP contribution in [0.4, 0.5) is 0 Å². The van der Waals surface area contributed by atoms with E-state index in [4.69, 9.17) is 42.9 Å². The molecular weight excluding hydrogens is 929 g/mol. The van der Waals surface area contributed by atoms with Crippen LogP contribution in [0.1, 0.15) is 0 Å². The minimum absolute atomic E-state index is 0. The molecule has 12 nitrogen and oxygen atoms in total. The Hall–Kier alpha value is 2.82. The van der Waals surface area contributed by atoms with Crippen molar-refractivity contribution >= 4 is 62.3 Å².